The van der Waals surface area contributed by atoms with E-state index in [0.717, 1.165) is 49.8 Å². The summed E-state index contributed by atoms with van der Waals surface area (Å²) in [6.45, 7) is 2.81. The Balaban J connectivity index is 1.52. The fraction of sp³-hybridized carbons (Fsp3) is 0.524. The van der Waals surface area contributed by atoms with E-state index in [-0.39, 0.29) is 24.8 Å². The smallest absolute Gasteiger partial charge is 0.261 e. The van der Waals surface area contributed by atoms with Crippen LogP contribution in [0.5, 0.6) is 0 Å². The Morgan fingerprint density at radius 2 is 2.00 bits per heavy atom. The zero-order chi connectivity index (χ0) is 19.8. The lowest BCUT2D eigenvalue weighted by atomic mass is 10.1. The summed E-state index contributed by atoms with van der Waals surface area (Å²) < 4.78 is 3.91. The normalized spacial score (nSPS) is 19.7. The Kier molecular flexibility index (Phi) is 4.89. The predicted molar refractivity (Wildman–Crippen MR) is 108 cm³/mol. The van der Waals surface area contributed by atoms with Gasteiger partial charge in [0.15, 0.2) is 0 Å². The fourth-order valence-corrected chi connectivity index (χ4v) is 4.73. The summed E-state index contributed by atoms with van der Waals surface area (Å²) in [7, 11) is 0. The molecule has 8 heteroatoms. The second kappa shape index (κ2) is 7.68. The van der Waals surface area contributed by atoms with Crippen LogP contribution < -0.4 is 5.56 Å². The van der Waals surface area contributed by atoms with Gasteiger partial charge in [0.2, 0.25) is 0 Å². The van der Waals surface area contributed by atoms with E-state index in [4.69, 9.17) is 4.98 Å². The standard InChI is InChI=1S/C21H26N6O2/c28-13-12-27-20(22-16-7-2-1-6-15(16)21(27)29)17-8-5-10-25(17)14-19-24-23-18-9-3-4-11-26(18)19/h1-2,6-7,17,28H,3-5,8-14H2. The minimum absolute atomic E-state index is 0.0374. The lowest BCUT2D eigenvalue weighted by molar-refractivity contribution is 0.215. The third-order valence-electron chi connectivity index (χ3n) is 6.16. The average Bonchev–Trinajstić information content (AvgIpc) is 3.38. The molecule has 3 aromatic rings. The highest BCUT2D eigenvalue weighted by atomic mass is 16.3. The highest BCUT2D eigenvalue weighted by molar-refractivity contribution is 5.77. The van der Waals surface area contributed by atoms with Crippen molar-refractivity contribution in [3.05, 3.63) is 52.1 Å². The fourth-order valence-electron chi connectivity index (χ4n) is 4.73. The molecule has 1 saturated heterocycles. The van der Waals surface area contributed by atoms with Gasteiger partial charge in [-0.15, -0.1) is 10.2 Å². The summed E-state index contributed by atoms with van der Waals surface area (Å²) in [6, 6.07) is 7.49. The molecule has 1 N–H and O–H groups in total. The van der Waals surface area contributed by atoms with Gasteiger partial charge in [0.05, 0.1) is 36.6 Å². The van der Waals surface area contributed by atoms with E-state index >= 15 is 0 Å². The third-order valence-corrected chi connectivity index (χ3v) is 6.16. The molecule has 0 amide bonds. The molecular weight excluding hydrogens is 368 g/mol. The second-order valence-corrected chi connectivity index (χ2v) is 7.94. The van der Waals surface area contributed by atoms with Gasteiger partial charge in [0, 0.05) is 13.0 Å². The number of likely N-dealkylation sites (tertiary alicyclic amines) is 1. The molecule has 1 unspecified atom stereocenters. The second-order valence-electron chi connectivity index (χ2n) is 7.94. The monoisotopic (exact) mass is 394 g/mol. The van der Waals surface area contributed by atoms with Crippen molar-refractivity contribution < 1.29 is 5.11 Å². The van der Waals surface area contributed by atoms with Gasteiger partial charge in [0.1, 0.15) is 17.5 Å². The number of para-hydroxylation sites is 1. The Labute approximate surface area is 168 Å². The molecule has 5 rings (SSSR count). The largest absolute Gasteiger partial charge is 0.395 e. The van der Waals surface area contributed by atoms with Gasteiger partial charge in [-0.25, -0.2) is 4.98 Å². The molecule has 2 aliphatic heterocycles. The molecule has 1 atom stereocenters. The van der Waals surface area contributed by atoms with Gasteiger partial charge in [-0.3, -0.25) is 14.3 Å². The molecule has 2 aromatic heterocycles. The van der Waals surface area contributed by atoms with Crippen molar-refractivity contribution in [3.63, 3.8) is 0 Å². The van der Waals surface area contributed by atoms with Crippen molar-refractivity contribution >= 4 is 10.9 Å². The molecule has 1 aromatic carbocycles. The summed E-state index contributed by atoms with van der Waals surface area (Å²) in [6.07, 6.45) is 5.34. The van der Waals surface area contributed by atoms with Crippen molar-refractivity contribution in [1.82, 2.24) is 29.2 Å². The first-order chi connectivity index (χ1) is 14.3. The van der Waals surface area contributed by atoms with Crippen LogP contribution in [0.15, 0.2) is 29.1 Å². The van der Waals surface area contributed by atoms with Crippen LogP contribution in [0.4, 0.5) is 0 Å². The van der Waals surface area contributed by atoms with E-state index in [9.17, 15) is 9.90 Å². The number of benzene rings is 1. The van der Waals surface area contributed by atoms with Gasteiger partial charge in [0.25, 0.3) is 5.56 Å². The highest BCUT2D eigenvalue weighted by Crippen LogP contribution is 2.32. The number of hydrogen-bond donors (Lipinski definition) is 1. The lowest BCUT2D eigenvalue weighted by Crippen LogP contribution is -2.33. The maximum atomic E-state index is 13.1. The number of aliphatic hydroxyl groups is 1. The van der Waals surface area contributed by atoms with Gasteiger partial charge in [-0.2, -0.15) is 0 Å². The maximum absolute atomic E-state index is 13.1. The highest BCUT2D eigenvalue weighted by Gasteiger charge is 2.32. The molecule has 0 aliphatic carbocycles. The molecule has 1 fully saturated rings. The van der Waals surface area contributed by atoms with E-state index in [1.165, 1.54) is 12.8 Å². The number of aromatic nitrogens is 5. The van der Waals surface area contributed by atoms with Crippen LogP contribution in [0.3, 0.4) is 0 Å². The molecule has 29 heavy (non-hydrogen) atoms. The molecular formula is C21H26N6O2. The summed E-state index contributed by atoms with van der Waals surface area (Å²) in [5.41, 5.74) is 0.639. The van der Waals surface area contributed by atoms with Crippen LogP contribution >= 0.6 is 0 Å². The molecule has 4 heterocycles. The first-order valence-electron chi connectivity index (χ1n) is 10.5. The van der Waals surface area contributed by atoms with Crippen molar-refractivity contribution in [2.24, 2.45) is 0 Å². The lowest BCUT2D eigenvalue weighted by Gasteiger charge is -2.26. The van der Waals surface area contributed by atoms with Crippen molar-refractivity contribution in [1.29, 1.82) is 0 Å². The van der Waals surface area contributed by atoms with E-state index < -0.39 is 0 Å². The number of hydrogen-bond acceptors (Lipinski definition) is 6. The Morgan fingerprint density at radius 3 is 2.90 bits per heavy atom. The maximum Gasteiger partial charge on any atom is 0.261 e. The molecule has 152 valence electrons. The van der Waals surface area contributed by atoms with Gasteiger partial charge >= 0.3 is 0 Å². The SMILES string of the molecule is O=c1c2ccccc2nc(C2CCCN2Cc2nnc3n2CCCC3)n1CCO. The molecule has 8 nitrogen and oxygen atoms in total. The number of fused-ring (bicyclic) bond motifs is 2. The topological polar surface area (TPSA) is 89.1 Å². The molecule has 0 spiro atoms. The number of nitrogens with zero attached hydrogens (tertiary/aromatic N) is 6. The summed E-state index contributed by atoms with van der Waals surface area (Å²) in [5, 5.41) is 19.0. The summed E-state index contributed by atoms with van der Waals surface area (Å²) in [5.74, 6) is 2.84. The van der Waals surface area contributed by atoms with Crippen LogP contribution in [0, 0.1) is 0 Å². The minimum atomic E-state index is -0.0860. The number of aliphatic hydroxyl groups excluding tert-OH is 1. The average molecular weight is 394 g/mol. The van der Waals surface area contributed by atoms with E-state index in [1.54, 1.807) is 10.6 Å². The van der Waals surface area contributed by atoms with Crippen LogP contribution in [0.2, 0.25) is 0 Å². The minimum Gasteiger partial charge on any atom is -0.395 e. The van der Waals surface area contributed by atoms with Gasteiger partial charge < -0.3 is 9.67 Å². The van der Waals surface area contributed by atoms with Crippen LogP contribution in [0.1, 0.15) is 49.2 Å². The van der Waals surface area contributed by atoms with Crippen molar-refractivity contribution in [2.75, 3.05) is 13.2 Å². The Hall–Kier alpha value is -2.58. The van der Waals surface area contributed by atoms with Crippen LogP contribution in [-0.4, -0.2) is 47.5 Å². The van der Waals surface area contributed by atoms with Gasteiger partial charge in [-0.05, 0) is 44.4 Å². The van der Waals surface area contributed by atoms with Gasteiger partial charge in [-0.1, -0.05) is 12.1 Å². The Morgan fingerprint density at radius 1 is 1.10 bits per heavy atom. The van der Waals surface area contributed by atoms with Crippen molar-refractivity contribution in [3.8, 4) is 0 Å². The Bertz CT molecular complexity index is 1090. The predicted octanol–water partition coefficient (Wildman–Crippen LogP) is 1.65. The zero-order valence-electron chi connectivity index (χ0n) is 16.5. The molecule has 0 saturated carbocycles. The van der Waals surface area contributed by atoms with Crippen molar-refractivity contribution in [2.45, 2.75) is 57.8 Å². The molecule has 0 bridgehead atoms. The molecule has 0 radical (unpaired) electrons. The summed E-state index contributed by atoms with van der Waals surface area (Å²) in [4.78, 5) is 20.3. The quantitative estimate of drug-likeness (QED) is 0.708. The number of aryl methyl sites for hydroxylation is 1. The summed E-state index contributed by atoms with van der Waals surface area (Å²) >= 11 is 0. The molecule has 2 aliphatic rings. The van der Waals surface area contributed by atoms with E-state index in [1.807, 2.05) is 18.2 Å². The van der Waals surface area contributed by atoms with Crippen LogP contribution in [0.25, 0.3) is 10.9 Å². The first-order valence-corrected chi connectivity index (χ1v) is 10.5. The first kappa shape index (κ1) is 18.4. The van der Waals surface area contributed by atoms with E-state index in [0.29, 0.717) is 17.4 Å². The van der Waals surface area contributed by atoms with E-state index in [2.05, 4.69) is 19.7 Å². The zero-order valence-corrected chi connectivity index (χ0v) is 16.5. The van der Waals surface area contributed by atoms with Crippen LogP contribution in [-0.2, 0) is 26.1 Å². The number of rotatable bonds is 5. The third kappa shape index (κ3) is 3.26.